The van der Waals surface area contributed by atoms with Gasteiger partial charge in [0, 0.05) is 42.2 Å². The van der Waals surface area contributed by atoms with Crippen LogP contribution in [0.3, 0.4) is 0 Å². The average molecular weight is 344 g/mol. The number of carbonyl (C=O) groups is 1. The molecule has 1 unspecified atom stereocenters. The molecule has 5 nitrogen and oxygen atoms in total. The Morgan fingerprint density at radius 2 is 2.08 bits per heavy atom. The highest BCUT2D eigenvalue weighted by molar-refractivity contribution is 7.13. The summed E-state index contributed by atoms with van der Waals surface area (Å²) >= 11 is 1.63. The zero-order chi connectivity index (χ0) is 17.3. The van der Waals surface area contributed by atoms with Crippen LogP contribution in [0.2, 0.25) is 0 Å². The molecule has 1 saturated heterocycles. The summed E-state index contributed by atoms with van der Waals surface area (Å²) in [5.74, 6) is -0.410. The van der Waals surface area contributed by atoms with E-state index in [-0.39, 0.29) is 11.5 Å². The minimum absolute atomic E-state index is 0.141. The molecule has 1 atom stereocenters. The largest absolute Gasteiger partial charge is 0.366 e. The number of likely N-dealkylation sites (tertiary alicyclic amines) is 1. The second-order valence-corrected chi connectivity index (χ2v) is 8.04. The van der Waals surface area contributed by atoms with E-state index in [0.29, 0.717) is 5.56 Å². The van der Waals surface area contributed by atoms with Crippen LogP contribution in [0, 0.1) is 5.41 Å². The molecule has 2 aromatic rings. The summed E-state index contributed by atoms with van der Waals surface area (Å²) in [5, 5.41) is 3.08. The number of nitrogens with two attached hydrogens (primary N) is 2. The van der Waals surface area contributed by atoms with Crippen molar-refractivity contribution in [2.45, 2.75) is 32.9 Å². The number of hydrogen-bond acceptors (Lipinski definition) is 5. The van der Waals surface area contributed by atoms with Crippen LogP contribution < -0.4 is 11.5 Å². The molecule has 128 valence electrons. The van der Waals surface area contributed by atoms with E-state index < -0.39 is 5.91 Å². The van der Waals surface area contributed by atoms with Gasteiger partial charge in [0.25, 0.3) is 0 Å². The second kappa shape index (κ2) is 6.63. The molecule has 1 aliphatic rings. The van der Waals surface area contributed by atoms with Crippen molar-refractivity contribution in [3.05, 3.63) is 40.9 Å². The van der Waals surface area contributed by atoms with Gasteiger partial charge in [-0.25, -0.2) is 4.98 Å². The van der Waals surface area contributed by atoms with Gasteiger partial charge in [0.05, 0.1) is 5.69 Å². The molecule has 0 saturated carbocycles. The number of thiazole rings is 1. The molecule has 4 N–H and O–H groups in total. The monoisotopic (exact) mass is 344 g/mol. The van der Waals surface area contributed by atoms with Crippen LogP contribution >= 0.6 is 11.3 Å². The number of carbonyl (C=O) groups excluding carboxylic acids is 1. The van der Waals surface area contributed by atoms with Gasteiger partial charge in [-0.3, -0.25) is 9.69 Å². The normalized spacial score (nSPS) is 20.9. The van der Waals surface area contributed by atoms with Crippen molar-refractivity contribution in [1.29, 1.82) is 0 Å². The van der Waals surface area contributed by atoms with Crippen LogP contribution in [0.4, 0.5) is 0 Å². The summed E-state index contributed by atoms with van der Waals surface area (Å²) in [4.78, 5) is 18.3. The fourth-order valence-electron chi connectivity index (χ4n) is 3.14. The summed E-state index contributed by atoms with van der Waals surface area (Å²) in [6.45, 7) is 7.33. The lowest BCUT2D eigenvalue weighted by molar-refractivity contribution is 0.0891. The van der Waals surface area contributed by atoms with E-state index in [1.807, 2.05) is 12.1 Å². The second-order valence-electron chi connectivity index (χ2n) is 7.18. The van der Waals surface area contributed by atoms with E-state index >= 15 is 0 Å². The van der Waals surface area contributed by atoms with Gasteiger partial charge in [-0.2, -0.15) is 0 Å². The molecule has 0 aliphatic carbocycles. The molecule has 1 aliphatic heterocycles. The molecule has 24 heavy (non-hydrogen) atoms. The smallest absolute Gasteiger partial charge is 0.248 e. The van der Waals surface area contributed by atoms with E-state index in [2.05, 4.69) is 24.1 Å². The summed E-state index contributed by atoms with van der Waals surface area (Å²) in [5.41, 5.74) is 14.2. The number of benzene rings is 1. The minimum Gasteiger partial charge on any atom is -0.366 e. The molecule has 1 fully saturated rings. The van der Waals surface area contributed by atoms with Gasteiger partial charge < -0.3 is 11.5 Å². The standard InChI is InChI=1S/C18H24N4OS/c1-18(2)11-22(8-7-15(18)19)9-14-10-24-17(21-14)13-5-3-12(4-6-13)16(20)23/h3-6,10,15H,7-9,11,19H2,1-2H3,(H2,20,23). The molecule has 1 aromatic heterocycles. The van der Waals surface area contributed by atoms with Crippen molar-refractivity contribution in [1.82, 2.24) is 9.88 Å². The maximum atomic E-state index is 11.1. The molecule has 0 radical (unpaired) electrons. The lowest BCUT2D eigenvalue weighted by Gasteiger charge is -2.42. The van der Waals surface area contributed by atoms with Gasteiger partial charge in [0.2, 0.25) is 5.91 Å². The number of amides is 1. The molecule has 1 amide bonds. The van der Waals surface area contributed by atoms with Crippen LogP contribution in [0.25, 0.3) is 10.6 Å². The summed E-state index contributed by atoms with van der Waals surface area (Å²) < 4.78 is 0. The Kier molecular flexibility index (Phi) is 4.71. The van der Waals surface area contributed by atoms with Gasteiger partial charge in [-0.1, -0.05) is 26.0 Å². The summed E-state index contributed by atoms with van der Waals surface area (Å²) in [6, 6.07) is 7.54. The molecular formula is C18H24N4OS. The highest BCUT2D eigenvalue weighted by atomic mass is 32.1. The molecule has 1 aromatic carbocycles. The molecule has 3 rings (SSSR count). The van der Waals surface area contributed by atoms with Crippen LogP contribution in [0.15, 0.2) is 29.6 Å². The Morgan fingerprint density at radius 3 is 2.71 bits per heavy atom. The first-order valence-electron chi connectivity index (χ1n) is 8.18. The highest BCUT2D eigenvalue weighted by Gasteiger charge is 2.33. The van der Waals surface area contributed by atoms with E-state index in [0.717, 1.165) is 42.3 Å². The van der Waals surface area contributed by atoms with Crippen LogP contribution in [0.1, 0.15) is 36.3 Å². The van der Waals surface area contributed by atoms with E-state index in [4.69, 9.17) is 16.5 Å². The number of rotatable bonds is 4. The molecular weight excluding hydrogens is 320 g/mol. The van der Waals surface area contributed by atoms with Gasteiger partial charge in [0.1, 0.15) is 5.01 Å². The number of piperidine rings is 1. The van der Waals surface area contributed by atoms with Gasteiger partial charge in [-0.15, -0.1) is 11.3 Å². The molecule has 0 bridgehead atoms. The Hall–Kier alpha value is -1.76. The quantitative estimate of drug-likeness (QED) is 0.892. The molecule has 6 heteroatoms. The summed E-state index contributed by atoms with van der Waals surface area (Å²) in [6.07, 6.45) is 1.03. The highest BCUT2D eigenvalue weighted by Crippen LogP contribution is 2.30. The molecule has 2 heterocycles. The van der Waals surface area contributed by atoms with Gasteiger partial charge in [-0.05, 0) is 24.0 Å². The first kappa shape index (κ1) is 17.1. The average Bonchev–Trinajstić information content (AvgIpc) is 2.99. The maximum absolute atomic E-state index is 11.1. The third-order valence-corrected chi connectivity index (χ3v) is 5.69. The summed E-state index contributed by atoms with van der Waals surface area (Å²) in [7, 11) is 0. The van der Waals surface area contributed by atoms with Crippen molar-refractivity contribution < 1.29 is 4.79 Å². The predicted molar refractivity (Wildman–Crippen MR) is 97.7 cm³/mol. The van der Waals surface area contributed by atoms with Crippen molar-refractivity contribution in [2.24, 2.45) is 16.9 Å². The lowest BCUT2D eigenvalue weighted by Crippen LogP contribution is -2.52. The van der Waals surface area contributed by atoms with Gasteiger partial charge in [0.15, 0.2) is 0 Å². The fraction of sp³-hybridized carbons (Fsp3) is 0.444. The predicted octanol–water partition coefficient (Wildman–Crippen LogP) is 2.47. The Morgan fingerprint density at radius 1 is 1.38 bits per heavy atom. The topological polar surface area (TPSA) is 85.2 Å². The van der Waals surface area contributed by atoms with Crippen molar-refractivity contribution >= 4 is 17.2 Å². The third kappa shape index (κ3) is 3.66. The Bertz CT molecular complexity index is 723. The van der Waals surface area contributed by atoms with E-state index in [9.17, 15) is 4.79 Å². The lowest BCUT2D eigenvalue weighted by atomic mass is 9.80. The van der Waals surface area contributed by atoms with Crippen molar-refractivity contribution in [2.75, 3.05) is 13.1 Å². The zero-order valence-electron chi connectivity index (χ0n) is 14.2. The van der Waals surface area contributed by atoms with Crippen LogP contribution in [0.5, 0.6) is 0 Å². The maximum Gasteiger partial charge on any atom is 0.248 e. The Labute approximate surface area is 146 Å². The van der Waals surface area contributed by atoms with E-state index in [1.54, 1.807) is 23.5 Å². The fourth-order valence-corrected chi connectivity index (χ4v) is 3.96. The number of hydrogen-bond donors (Lipinski definition) is 2. The number of aromatic nitrogens is 1. The molecule has 0 spiro atoms. The first-order chi connectivity index (χ1) is 11.3. The minimum atomic E-state index is -0.410. The first-order valence-corrected chi connectivity index (χ1v) is 9.06. The third-order valence-electron chi connectivity index (χ3n) is 4.74. The van der Waals surface area contributed by atoms with E-state index in [1.165, 1.54) is 0 Å². The SMILES string of the molecule is CC1(C)CN(Cc2csc(-c3ccc(C(N)=O)cc3)n2)CCC1N. The van der Waals surface area contributed by atoms with Crippen molar-refractivity contribution in [3.8, 4) is 10.6 Å². The Balaban J connectivity index is 1.68. The van der Waals surface area contributed by atoms with Crippen molar-refractivity contribution in [3.63, 3.8) is 0 Å². The van der Waals surface area contributed by atoms with Crippen LogP contribution in [-0.4, -0.2) is 34.9 Å². The zero-order valence-corrected chi connectivity index (χ0v) is 15.0. The number of nitrogens with zero attached hydrogens (tertiary/aromatic N) is 2. The van der Waals surface area contributed by atoms with Gasteiger partial charge >= 0.3 is 0 Å². The van der Waals surface area contributed by atoms with Crippen LogP contribution in [-0.2, 0) is 6.54 Å². The number of primary amides is 1.